The van der Waals surface area contributed by atoms with Gasteiger partial charge in [0.05, 0.1) is 5.70 Å². The second-order valence-electron chi connectivity index (χ2n) is 8.24. The molecule has 6 heteroatoms. The molecule has 0 amide bonds. The van der Waals surface area contributed by atoms with Crippen molar-refractivity contribution >= 4 is 11.4 Å². The SMILES string of the molecule is CC(C)c1cccc(NC2=CC(N)(C3CCC(N)CC3)Nn3ccnc32)c1. The fourth-order valence-corrected chi connectivity index (χ4v) is 4.17. The Kier molecular flexibility index (Phi) is 4.70. The zero-order valence-corrected chi connectivity index (χ0v) is 16.2. The van der Waals surface area contributed by atoms with Crippen LogP contribution in [0.3, 0.4) is 0 Å². The molecule has 1 atom stereocenters. The number of anilines is 1. The molecule has 0 radical (unpaired) electrons. The van der Waals surface area contributed by atoms with E-state index in [0.29, 0.717) is 17.9 Å². The van der Waals surface area contributed by atoms with Gasteiger partial charge in [-0.2, -0.15) is 0 Å². The highest BCUT2D eigenvalue weighted by Gasteiger charge is 2.39. The Balaban J connectivity index is 1.65. The van der Waals surface area contributed by atoms with Crippen LogP contribution in [0, 0.1) is 5.92 Å². The average Bonchev–Trinajstić information content (AvgIpc) is 3.10. The highest BCUT2D eigenvalue weighted by Crippen LogP contribution is 2.35. The summed E-state index contributed by atoms with van der Waals surface area (Å²) in [5, 5.41) is 3.55. The van der Waals surface area contributed by atoms with E-state index in [0.717, 1.165) is 42.9 Å². The Morgan fingerprint density at radius 1 is 1.26 bits per heavy atom. The molecule has 1 fully saturated rings. The standard InChI is InChI=1S/C21H30N6/c1-14(2)15-4-3-5-18(12-15)25-19-13-21(23,16-6-8-17(22)9-7-16)26-27-11-10-24-20(19)27/h3-5,10-14,16-17,25-26H,6-9,22-23H2,1-2H3. The van der Waals surface area contributed by atoms with Crippen LogP contribution in [0.1, 0.15) is 56.8 Å². The van der Waals surface area contributed by atoms with E-state index >= 15 is 0 Å². The van der Waals surface area contributed by atoms with E-state index in [9.17, 15) is 0 Å². The predicted molar refractivity (Wildman–Crippen MR) is 111 cm³/mol. The number of rotatable bonds is 4. The Morgan fingerprint density at radius 3 is 2.78 bits per heavy atom. The lowest BCUT2D eigenvalue weighted by molar-refractivity contribution is 0.239. The van der Waals surface area contributed by atoms with Crippen molar-refractivity contribution in [2.24, 2.45) is 17.4 Å². The molecule has 1 unspecified atom stereocenters. The molecule has 2 heterocycles. The topological polar surface area (TPSA) is 93.9 Å². The van der Waals surface area contributed by atoms with Crippen LogP contribution < -0.4 is 22.2 Å². The van der Waals surface area contributed by atoms with E-state index < -0.39 is 5.66 Å². The van der Waals surface area contributed by atoms with Gasteiger partial charge >= 0.3 is 0 Å². The van der Waals surface area contributed by atoms with E-state index in [-0.39, 0.29) is 0 Å². The molecule has 1 aromatic heterocycles. The minimum Gasteiger partial charge on any atom is -0.353 e. The molecular weight excluding hydrogens is 336 g/mol. The van der Waals surface area contributed by atoms with E-state index in [1.807, 2.05) is 10.9 Å². The van der Waals surface area contributed by atoms with Crippen LogP contribution in [0.5, 0.6) is 0 Å². The third-order valence-electron chi connectivity index (χ3n) is 5.86. The molecule has 6 nitrogen and oxygen atoms in total. The van der Waals surface area contributed by atoms with Crippen molar-refractivity contribution in [1.82, 2.24) is 9.66 Å². The molecule has 1 aliphatic carbocycles. The van der Waals surface area contributed by atoms with Gasteiger partial charge in [-0.05, 0) is 55.4 Å². The normalized spacial score (nSPS) is 27.7. The van der Waals surface area contributed by atoms with Crippen LogP contribution >= 0.6 is 0 Å². The van der Waals surface area contributed by atoms with Gasteiger partial charge in [0.2, 0.25) is 0 Å². The van der Waals surface area contributed by atoms with Crippen molar-refractivity contribution in [2.75, 3.05) is 10.7 Å². The molecular formula is C21H30N6. The van der Waals surface area contributed by atoms with Crippen LogP contribution in [0.25, 0.3) is 5.70 Å². The lowest BCUT2D eigenvalue weighted by atomic mass is 9.78. The summed E-state index contributed by atoms with van der Waals surface area (Å²) in [6.07, 6.45) is 9.93. The number of hydrogen-bond acceptors (Lipinski definition) is 5. The Hall–Kier alpha value is -2.31. The third-order valence-corrected chi connectivity index (χ3v) is 5.86. The van der Waals surface area contributed by atoms with Crippen molar-refractivity contribution in [3.05, 3.63) is 54.1 Å². The summed E-state index contributed by atoms with van der Waals surface area (Å²) in [5.74, 6) is 1.67. The number of nitrogens with zero attached hydrogens (tertiary/aromatic N) is 2. The van der Waals surface area contributed by atoms with Gasteiger partial charge in [-0.25, -0.2) is 9.66 Å². The molecule has 0 bridgehead atoms. The van der Waals surface area contributed by atoms with Gasteiger partial charge in [-0.15, -0.1) is 0 Å². The lowest BCUT2D eigenvalue weighted by Crippen LogP contribution is -2.58. The molecule has 2 aromatic rings. The van der Waals surface area contributed by atoms with Crippen molar-refractivity contribution in [3.8, 4) is 0 Å². The van der Waals surface area contributed by atoms with E-state index in [4.69, 9.17) is 11.5 Å². The molecule has 27 heavy (non-hydrogen) atoms. The number of fused-ring (bicyclic) bond motifs is 1. The van der Waals surface area contributed by atoms with Crippen LogP contribution in [0.15, 0.2) is 42.7 Å². The van der Waals surface area contributed by atoms with Gasteiger partial charge in [0, 0.05) is 30.0 Å². The van der Waals surface area contributed by atoms with Gasteiger partial charge in [-0.1, -0.05) is 26.0 Å². The molecule has 1 saturated carbocycles. The van der Waals surface area contributed by atoms with Crippen LogP contribution in [-0.4, -0.2) is 21.4 Å². The Bertz CT molecular complexity index is 831. The third kappa shape index (κ3) is 3.59. The molecule has 2 aliphatic rings. The summed E-state index contributed by atoms with van der Waals surface area (Å²) in [5.41, 5.74) is 19.1. The minimum absolute atomic E-state index is 0.303. The summed E-state index contributed by atoms with van der Waals surface area (Å²) >= 11 is 0. The first kappa shape index (κ1) is 18.1. The predicted octanol–water partition coefficient (Wildman–Crippen LogP) is 3.19. The molecule has 1 aliphatic heterocycles. The highest BCUT2D eigenvalue weighted by molar-refractivity contribution is 5.76. The number of hydrogen-bond donors (Lipinski definition) is 4. The number of nitrogens with one attached hydrogen (secondary N) is 2. The van der Waals surface area contributed by atoms with Crippen molar-refractivity contribution in [1.29, 1.82) is 0 Å². The van der Waals surface area contributed by atoms with Gasteiger partial charge in [0.25, 0.3) is 0 Å². The van der Waals surface area contributed by atoms with Crippen LogP contribution in [-0.2, 0) is 0 Å². The zero-order valence-electron chi connectivity index (χ0n) is 16.2. The summed E-state index contributed by atoms with van der Waals surface area (Å²) in [4.78, 5) is 4.51. The first-order valence-corrected chi connectivity index (χ1v) is 9.91. The van der Waals surface area contributed by atoms with E-state index in [2.05, 4.69) is 59.9 Å². The first-order valence-electron chi connectivity index (χ1n) is 9.91. The molecule has 4 rings (SSSR count). The van der Waals surface area contributed by atoms with Crippen LogP contribution in [0.2, 0.25) is 0 Å². The quantitative estimate of drug-likeness (QED) is 0.667. The Morgan fingerprint density at radius 2 is 2.04 bits per heavy atom. The highest BCUT2D eigenvalue weighted by atomic mass is 15.5. The lowest BCUT2D eigenvalue weighted by Gasteiger charge is -2.42. The average molecular weight is 367 g/mol. The number of benzene rings is 1. The maximum atomic E-state index is 6.86. The zero-order chi connectivity index (χ0) is 19.0. The van der Waals surface area contributed by atoms with Crippen molar-refractivity contribution in [3.63, 3.8) is 0 Å². The fourth-order valence-electron chi connectivity index (χ4n) is 4.17. The van der Waals surface area contributed by atoms with Gasteiger partial charge in [0.15, 0.2) is 5.82 Å². The molecule has 1 aromatic carbocycles. The van der Waals surface area contributed by atoms with Gasteiger partial charge in [-0.3, -0.25) is 0 Å². The van der Waals surface area contributed by atoms with Crippen LogP contribution in [0.4, 0.5) is 5.69 Å². The number of imidazole rings is 1. The van der Waals surface area contributed by atoms with Crippen molar-refractivity contribution < 1.29 is 0 Å². The monoisotopic (exact) mass is 366 g/mol. The fraction of sp³-hybridized carbons (Fsp3) is 0.476. The summed E-state index contributed by atoms with van der Waals surface area (Å²) in [6.45, 7) is 4.41. The molecule has 0 saturated heterocycles. The molecule has 0 spiro atoms. The number of nitrogens with two attached hydrogens (primary N) is 2. The second kappa shape index (κ2) is 7.02. The first-order chi connectivity index (χ1) is 12.9. The van der Waals surface area contributed by atoms with Gasteiger partial charge < -0.3 is 22.2 Å². The van der Waals surface area contributed by atoms with E-state index in [1.54, 1.807) is 6.20 Å². The van der Waals surface area contributed by atoms with Crippen molar-refractivity contribution in [2.45, 2.75) is 57.2 Å². The Labute approximate surface area is 161 Å². The molecule has 6 N–H and O–H groups in total. The summed E-state index contributed by atoms with van der Waals surface area (Å²) in [7, 11) is 0. The number of aromatic nitrogens is 2. The van der Waals surface area contributed by atoms with E-state index in [1.165, 1.54) is 5.56 Å². The van der Waals surface area contributed by atoms with Gasteiger partial charge in [0.1, 0.15) is 5.66 Å². The smallest absolute Gasteiger partial charge is 0.174 e. The minimum atomic E-state index is -0.619. The maximum absolute atomic E-state index is 6.86. The largest absolute Gasteiger partial charge is 0.353 e. The summed E-state index contributed by atoms with van der Waals surface area (Å²) < 4.78 is 1.93. The summed E-state index contributed by atoms with van der Waals surface area (Å²) in [6, 6.07) is 8.83. The second-order valence-corrected chi connectivity index (χ2v) is 8.24. The molecule has 144 valence electrons. The maximum Gasteiger partial charge on any atom is 0.174 e.